The van der Waals surface area contributed by atoms with Crippen LogP contribution in [0.25, 0.3) is 0 Å². The summed E-state index contributed by atoms with van der Waals surface area (Å²) >= 11 is 0. The molecule has 1 atom stereocenters. The van der Waals surface area contributed by atoms with Crippen molar-refractivity contribution in [1.29, 1.82) is 0 Å². The molecule has 1 unspecified atom stereocenters. The molecule has 1 heterocycles. The van der Waals surface area contributed by atoms with Gasteiger partial charge in [-0.15, -0.1) is 0 Å². The van der Waals surface area contributed by atoms with Crippen LogP contribution in [0.15, 0.2) is 61.2 Å². The highest BCUT2D eigenvalue weighted by molar-refractivity contribution is 6.00. The first kappa shape index (κ1) is 26.1. The maximum atomic E-state index is 13.5. The third-order valence-electron chi connectivity index (χ3n) is 6.43. The predicted octanol–water partition coefficient (Wildman–Crippen LogP) is 5.92. The van der Waals surface area contributed by atoms with Gasteiger partial charge in [0.2, 0.25) is 5.91 Å². The Balaban J connectivity index is 1.43. The number of halogens is 3. The van der Waals surface area contributed by atoms with Crippen molar-refractivity contribution in [2.45, 2.75) is 44.8 Å². The first-order valence-electron chi connectivity index (χ1n) is 11.8. The molecular formula is C27H26F3N3O4. The molecule has 7 nitrogen and oxygen atoms in total. The van der Waals surface area contributed by atoms with Crippen molar-refractivity contribution in [3.8, 4) is 17.2 Å². The molecular weight excluding hydrogens is 487 g/mol. The number of ether oxygens (including phenoxy) is 2. The van der Waals surface area contributed by atoms with Gasteiger partial charge in [-0.3, -0.25) is 9.59 Å². The van der Waals surface area contributed by atoms with Crippen LogP contribution in [0.1, 0.15) is 60.1 Å². The smallest absolute Gasteiger partial charge is 0.420 e. The van der Waals surface area contributed by atoms with Crippen LogP contribution in [0, 0.1) is 5.41 Å². The van der Waals surface area contributed by atoms with Crippen LogP contribution < -0.4 is 14.8 Å². The Kier molecular flexibility index (Phi) is 7.47. The summed E-state index contributed by atoms with van der Waals surface area (Å²) in [7, 11) is 1.29. The Morgan fingerprint density at radius 3 is 2.27 bits per heavy atom. The number of Topliss-reactive ketones (excluding diaryl/α,β-unsaturated/α-hetero) is 1. The minimum absolute atomic E-state index is 0.0730. The van der Waals surface area contributed by atoms with Gasteiger partial charge in [0.05, 0.1) is 24.1 Å². The van der Waals surface area contributed by atoms with Gasteiger partial charge >= 0.3 is 6.18 Å². The van der Waals surface area contributed by atoms with Crippen LogP contribution in [0.4, 0.5) is 13.2 Å². The SMILES string of the molecule is CCC(NC(=O)C1(CC(=O)c2cncnc2)CC1)c1ccc(Oc2ccc(OC)cc2C(F)(F)F)cc1. The van der Waals surface area contributed by atoms with E-state index in [0.717, 1.165) is 11.6 Å². The fraction of sp³-hybridized carbons (Fsp3) is 0.333. The second kappa shape index (κ2) is 10.6. The largest absolute Gasteiger partial charge is 0.497 e. The number of rotatable bonds is 10. The number of methoxy groups -OCH3 is 1. The van der Waals surface area contributed by atoms with Gasteiger partial charge in [0.1, 0.15) is 29.1 Å². The van der Waals surface area contributed by atoms with Crippen molar-refractivity contribution >= 4 is 11.7 Å². The van der Waals surface area contributed by atoms with Crippen molar-refractivity contribution < 1.29 is 32.2 Å². The molecule has 1 aromatic heterocycles. The highest BCUT2D eigenvalue weighted by Crippen LogP contribution is 2.50. The molecule has 1 fully saturated rings. The number of hydrogen-bond acceptors (Lipinski definition) is 6. The lowest BCUT2D eigenvalue weighted by molar-refractivity contribution is -0.138. The van der Waals surface area contributed by atoms with E-state index in [2.05, 4.69) is 15.3 Å². The van der Waals surface area contributed by atoms with Crippen LogP contribution >= 0.6 is 0 Å². The monoisotopic (exact) mass is 513 g/mol. The summed E-state index contributed by atoms with van der Waals surface area (Å²) in [6, 6.07) is 9.67. The molecule has 1 amide bonds. The van der Waals surface area contributed by atoms with Gasteiger partial charge < -0.3 is 14.8 Å². The van der Waals surface area contributed by atoms with E-state index >= 15 is 0 Å². The highest BCUT2D eigenvalue weighted by Gasteiger charge is 2.51. The van der Waals surface area contributed by atoms with E-state index in [9.17, 15) is 22.8 Å². The summed E-state index contributed by atoms with van der Waals surface area (Å²) in [5.74, 6) is -0.429. The van der Waals surface area contributed by atoms with Gasteiger partial charge in [-0.2, -0.15) is 13.2 Å². The molecule has 0 bridgehead atoms. The number of nitrogens with one attached hydrogen (secondary N) is 1. The van der Waals surface area contributed by atoms with Crippen molar-refractivity contribution in [2.24, 2.45) is 5.41 Å². The number of ketones is 1. The zero-order valence-corrected chi connectivity index (χ0v) is 20.3. The maximum Gasteiger partial charge on any atom is 0.420 e. The Bertz CT molecular complexity index is 1260. The summed E-state index contributed by atoms with van der Waals surface area (Å²) in [5.41, 5.74) is -0.547. The lowest BCUT2D eigenvalue weighted by Gasteiger charge is -2.22. The van der Waals surface area contributed by atoms with Crippen LogP contribution in [0.2, 0.25) is 0 Å². The van der Waals surface area contributed by atoms with Gasteiger partial charge in [-0.1, -0.05) is 19.1 Å². The lowest BCUT2D eigenvalue weighted by Crippen LogP contribution is -2.36. The number of hydrogen-bond donors (Lipinski definition) is 1. The first-order valence-corrected chi connectivity index (χ1v) is 11.8. The number of carbonyl (C=O) groups is 2. The van der Waals surface area contributed by atoms with E-state index in [1.807, 2.05) is 6.92 Å². The molecule has 1 N–H and O–H groups in total. The molecule has 194 valence electrons. The van der Waals surface area contributed by atoms with Crippen molar-refractivity contribution in [2.75, 3.05) is 7.11 Å². The average Bonchev–Trinajstić information content (AvgIpc) is 3.68. The van der Waals surface area contributed by atoms with Crippen LogP contribution in [-0.2, 0) is 11.0 Å². The Hall–Kier alpha value is -3.95. The molecule has 0 saturated heterocycles. The van der Waals surface area contributed by atoms with E-state index in [0.29, 0.717) is 24.8 Å². The Labute approximate surface area is 212 Å². The van der Waals surface area contributed by atoms with Gasteiger partial charge in [0.15, 0.2) is 5.78 Å². The van der Waals surface area contributed by atoms with E-state index in [-0.39, 0.29) is 41.4 Å². The quantitative estimate of drug-likeness (QED) is 0.339. The molecule has 0 spiro atoms. The Morgan fingerprint density at radius 2 is 1.70 bits per heavy atom. The second-order valence-electron chi connectivity index (χ2n) is 8.97. The fourth-order valence-electron chi connectivity index (χ4n) is 4.06. The number of aromatic nitrogens is 2. The lowest BCUT2D eigenvalue weighted by atomic mass is 9.94. The molecule has 1 saturated carbocycles. The topological polar surface area (TPSA) is 90.4 Å². The Morgan fingerprint density at radius 1 is 1.05 bits per heavy atom. The van der Waals surface area contributed by atoms with Crippen molar-refractivity contribution in [1.82, 2.24) is 15.3 Å². The minimum Gasteiger partial charge on any atom is -0.497 e. The number of alkyl halides is 3. The van der Waals surface area contributed by atoms with Crippen molar-refractivity contribution in [3.05, 3.63) is 77.9 Å². The third-order valence-corrected chi connectivity index (χ3v) is 6.43. The number of nitrogens with zero attached hydrogens (tertiary/aromatic N) is 2. The number of amides is 1. The average molecular weight is 514 g/mol. The summed E-state index contributed by atoms with van der Waals surface area (Å²) in [6.07, 6.45) is 1.49. The number of carbonyl (C=O) groups excluding carboxylic acids is 2. The van der Waals surface area contributed by atoms with Gasteiger partial charge in [-0.05, 0) is 55.2 Å². The van der Waals surface area contributed by atoms with Crippen molar-refractivity contribution in [3.63, 3.8) is 0 Å². The summed E-state index contributed by atoms with van der Waals surface area (Å²) < 4.78 is 50.9. The van der Waals surface area contributed by atoms with E-state index in [4.69, 9.17) is 9.47 Å². The zero-order chi connectivity index (χ0) is 26.6. The van der Waals surface area contributed by atoms with Gasteiger partial charge in [-0.25, -0.2) is 9.97 Å². The molecule has 2 aromatic carbocycles. The second-order valence-corrected chi connectivity index (χ2v) is 8.97. The first-order chi connectivity index (χ1) is 17.6. The molecule has 3 aromatic rings. The standard InChI is InChI=1S/C27H26F3N3O4/c1-3-22(33-25(35)26(10-11-26)13-23(34)18-14-31-16-32-15-18)17-4-6-19(7-5-17)37-24-9-8-20(36-2)12-21(24)27(28,29)30/h4-9,12,14-16,22H,3,10-11,13H2,1-2H3,(H,33,35). The van der Waals surface area contributed by atoms with E-state index < -0.39 is 17.2 Å². The molecule has 37 heavy (non-hydrogen) atoms. The minimum atomic E-state index is -4.62. The third kappa shape index (κ3) is 6.07. The molecule has 1 aliphatic carbocycles. The molecule has 0 aliphatic heterocycles. The normalized spacial score (nSPS) is 14.9. The molecule has 1 aliphatic rings. The van der Waals surface area contributed by atoms with Crippen LogP contribution in [0.3, 0.4) is 0 Å². The number of benzene rings is 2. The van der Waals surface area contributed by atoms with E-state index in [1.54, 1.807) is 24.3 Å². The maximum absolute atomic E-state index is 13.5. The molecule has 0 radical (unpaired) electrons. The molecule has 4 rings (SSSR count). The fourth-order valence-corrected chi connectivity index (χ4v) is 4.06. The summed E-state index contributed by atoms with van der Waals surface area (Å²) in [5, 5.41) is 3.03. The van der Waals surface area contributed by atoms with Crippen LogP contribution in [-0.4, -0.2) is 28.8 Å². The summed E-state index contributed by atoms with van der Waals surface area (Å²) in [4.78, 5) is 33.4. The highest BCUT2D eigenvalue weighted by atomic mass is 19.4. The zero-order valence-electron chi connectivity index (χ0n) is 20.3. The predicted molar refractivity (Wildman–Crippen MR) is 128 cm³/mol. The van der Waals surface area contributed by atoms with Gasteiger partial charge in [0.25, 0.3) is 0 Å². The molecule has 10 heteroatoms. The van der Waals surface area contributed by atoms with Crippen LogP contribution in [0.5, 0.6) is 17.2 Å². The van der Waals surface area contributed by atoms with E-state index in [1.165, 1.54) is 38.0 Å². The van der Waals surface area contributed by atoms with Gasteiger partial charge in [0, 0.05) is 18.8 Å². The summed E-state index contributed by atoms with van der Waals surface area (Å²) in [6.45, 7) is 1.91.